The number of nitrogens with two attached hydrogens (primary N) is 1. The number of hydrogen-bond acceptors (Lipinski definition) is 4. The van der Waals surface area contributed by atoms with Crippen molar-refractivity contribution in [3.05, 3.63) is 24.3 Å². The van der Waals surface area contributed by atoms with Crippen LogP contribution in [0.1, 0.15) is 19.8 Å². The summed E-state index contributed by atoms with van der Waals surface area (Å²) in [5, 5.41) is 8.99. The van der Waals surface area contributed by atoms with Gasteiger partial charge in [0.25, 0.3) is 0 Å². The van der Waals surface area contributed by atoms with E-state index in [4.69, 9.17) is 15.6 Å². The second-order valence-electron chi connectivity index (χ2n) is 4.34. The van der Waals surface area contributed by atoms with E-state index in [0.29, 0.717) is 13.2 Å². The molecule has 1 aromatic carbocycles. The minimum Gasteiger partial charge on any atom is -0.492 e. The smallest absolute Gasteiger partial charge is 0.119 e. The fourth-order valence-corrected chi connectivity index (χ4v) is 1.72. The van der Waals surface area contributed by atoms with Crippen LogP contribution in [0.5, 0.6) is 5.75 Å². The third-order valence-corrected chi connectivity index (χ3v) is 2.80. The number of anilines is 1. The van der Waals surface area contributed by atoms with Gasteiger partial charge in [-0.3, -0.25) is 4.90 Å². The van der Waals surface area contributed by atoms with Crippen LogP contribution < -0.4 is 10.5 Å². The van der Waals surface area contributed by atoms with Crippen molar-refractivity contribution in [2.45, 2.75) is 19.8 Å². The lowest BCUT2D eigenvalue weighted by molar-refractivity contribution is 0.167. The van der Waals surface area contributed by atoms with Gasteiger partial charge in [0.05, 0.1) is 6.61 Å². The van der Waals surface area contributed by atoms with Crippen molar-refractivity contribution < 1.29 is 9.84 Å². The number of nitrogen functional groups attached to an aromatic ring is 1. The number of ether oxygens (including phenoxy) is 1. The van der Waals surface area contributed by atoms with E-state index in [-0.39, 0.29) is 6.61 Å². The standard InChI is InChI=1S/C14H24N2O2/c1-2-3-8-16(9-11-17)10-12-18-14-6-4-13(15)5-7-14/h4-7,17H,2-3,8-12,15H2,1H3. The van der Waals surface area contributed by atoms with Gasteiger partial charge in [-0.05, 0) is 37.2 Å². The predicted octanol–water partition coefficient (Wildman–Crippen LogP) is 1.74. The van der Waals surface area contributed by atoms with E-state index in [9.17, 15) is 0 Å². The van der Waals surface area contributed by atoms with Crippen LogP contribution >= 0.6 is 0 Å². The topological polar surface area (TPSA) is 58.7 Å². The van der Waals surface area contributed by atoms with Crippen LogP contribution in [-0.4, -0.2) is 42.9 Å². The molecule has 18 heavy (non-hydrogen) atoms. The molecule has 0 spiro atoms. The second kappa shape index (κ2) is 8.78. The van der Waals surface area contributed by atoms with Gasteiger partial charge in [0.15, 0.2) is 0 Å². The van der Waals surface area contributed by atoms with Crippen molar-refractivity contribution in [3.8, 4) is 5.75 Å². The van der Waals surface area contributed by atoms with Crippen molar-refractivity contribution in [3.63, 3.8) is 0 Å². The molecule has 0 atom stereocenters. The number of hydrogen-bond donors (Lipinski definition) is 2. The first kappa shape index (κ1) is 14.8. The van der Waals surface area contributed by atoms with Crippen molar-refractivity contribution in [1.29, 1.82) is 0 Å². The molecule has 4 nitrogen and oxygen atoms in total. The quantitative estimate of drug-likeness (QED) is 0.657. The molecule has 0 saturated carbocycles. The van der Waals surface area contributed by atoms with Crippen molar-refractivity contribution >= 4 is 5.69 Å². The number of aliphatic hydroxyl groups excluding tert-OH is 1. The Balaban J connectivity index is 2.26. The average molecular weight is 252 g/mol. The number of unbranched alkanes of at least 4 members (excludes halogenated alkanes) is 1. The summed E-state index contributed by atoms with van der Waals surface area (Å²) in [5.41, 5.74) is 6.35. The highest BCUT2D eigenvalue weighted by Crippen LogP contribution is 2.12. The van der Waals surface area contributed by atoms with E-state index in [1.54, 1.807) is 0 Å². The number of benzene rings is 1. The summed E-state index contributed by atoms with van der Waals surface area (Å²) in [6.07, 6.45) is 2.32. The highest BCUT2D eigenvalue weighted by Gasteiger charge is 2.03. The Bertz CT molecular complexity index is 314. The summed E-state index contributed by atoms with van der Waals surface area (Å²) in [4.78, 5) is 2.22. The van der Waals surface area contributed by atoms with Gasteiger partial charge in [0.2, 0.25) is 0 Å². The summed E-state index contributed by atoms with van der Waals surface area (Å²) < 4.78 is 5.64. The zero-order valence-corrected chi connectivity index (χ0v) is 11.1. The molecular weight excluding hydrogens is 228 g/mol. The Kier molecular flexibility index (Phi) is 7.22. The molecule has 0 amide bonds. The fourth-order valence-electron chi connectivity index (χ4n) is 1.72. The van der Waals surface area contributed by atoms with Crippen LogP contribution in [0.4, 0.5) is 5.69 Å². The largest absolute Gasteiger partial charge is 0.492 e. The van der Waals surface area contributed by atoms with E-state index < -0.39 is 0 Å². The van der Waals surface area contributed by atoms with Gasteiger partial charge in [-0.1, -0.05) is 13.3 Å². The molecule has 102 valence electrons. The maximum atomic E-state index is 8.99. The number of rotatable bonds is 9. The third-order valence-electron chi connectivity index (χ3n) is 2.80. The first-order valence-corrected chi connectivity index (χ1v) is 6.57. The summed E-state index contributed by atoms with van der Waals surface area (Å²) in [7, 11) is 0. The number of aliphatic hydroxyl groups is 1. The summed E-state index contributed by atoms with van der Waals surface area (Å²) in [6, 6.07) is 7.41. The minimum atomic E-state index is 0.200. The van der Waals surface area contributed by atoms with E-state index >= 15 is 0 Å². The Morgan fingerprint density at radius 1 is 1.17 bits per heavy atom. The van der Waals surface area contributed by atoms with Gasteiger partial charge in [-0.15, -0.1) is 0 Å². The van der Waals surface area contributed by atoms with Crippen LogP contribution in [0.25, 0.3) is 0 Å². The minimum absolute atomic E-state index is 0.200. The van der Waals surface area contributed by atoms with E-state index in [0.717, 1.165) is 30.9 Å². The summed E-state index contributed by atoms with van der Waals surface area (Å²) in [6.45, 7) is 5.57. The van der Waals surface area contributed by atoms with Crippen LogP contribution in [0.2, 0.25) is 0 Å². The number of nitrogens with zero attached hydrogens (tertiary/aromatic N) is 1. The zero-order chi connectivity index (χ0) is 13.2. The van der Waals surface area contributed by atoms with Crippen LogP contribution in [0, 0.1) is 0 Å². The monoisotopic (exact) mass is 252 g/mol. The Hall–Kier alpha value is -1.26. The molecule has 1 aromatic rings. The van der Waals surface area contributed by atoms with E-state index in [1.165, 1.54) is 6.42 Å². The molecule has 0 aliphatic carbocycles. The normalized spacial score (nSPS) is 10.8. The van der Waals surface area contributed by atoms with Crippen molar-refractivity contribution in [1.82, 2.24) is 4.90 Å². The molecule has 4 heteroatoms. The zero-order valence-electron chi connectivity index (χ0n) is 11.1. The lowest BCUT2D eigenvalue weighted by atomic mass is 10.3. The molecule has 0 radical (unpaired) electrons. The fraction of sp³-hybridized carbons (Fsp3) is 0.571. The maximum absolute atomic E-state index is 8.99. The Labute approximate surface area is 109 Å². The highest BCUT2D eigenvalue weighted by atomic mass is 16.5. The van der Waals surface area contributed by atoms with Gasteiger partial charge < -0.3 is 15.6 Å². The van der Waals surface area contributed by atoms with Gasteiger partial charge in [-0.25, -0.2) is 0 Å². The molecule has 0 saturated heterocycles. The molecule has 0 bridgehead atoms. The average Bonchev–Trinajstić information content (AvgIpc) is 2.38. The molecular formula is C14H24N2O2. The SMILES string of the molecule is CCCCN(CCO)CCOc1ccc(N)cc1. The Morgan fingerprint density at radius 2 is 1.89 bits per heavy atom. The molecule has 1 rings (SSSR count). The van der Waals surface area contributed by atoms with Crippen LogP contribution in [0.15, 0.2) is 24.3 Å². The van der Waals surface area contributed by atoms with E-state index in [1.807, 2.05) is 24.3 Å². The molecule has 0 fully saturated rings. The molecule has 0 heterocycles. The lowest BCUT2D eigenvalue weighted by Gasteiger charge is -2.21. The van der Waals surface area contributed by atoms with Gasteiger partial charge in [0, 0.05) is 18.8 Å². The van der Waals surface area contributed by atoms with Gasteiger partial charge in [-0.2, -0.15) is 0 Å². The third kappa shape index (κ3) is 5.89. The van der Waals surface area contributed by atoms with Gasteiger partial charge >= 0.3 is 0 Å². The van der Waals surface area contributed by atoms with Crippen molar-refractivity contribution in [2.75, 3.05) is 38.6 Å². The molecule has 0 aliphatic heterocycles. The van der Waals surface area contributed by atoms with Crippen molar-refractivity contribution in [2.24, 2.45) is 0 Å². The molecule has 3 N–H and O–H groups in total. The molecule has 0 aliphatic rings. The molecule has 0 unspecified atom stereocenters. The summed E-state index contributed by atoms with van der Waals surface area (Å²) >= 11 is 0. The maximum Gasteiger partial charge on any atom is 0.119 e. The van der Waals surface area contributed by atoms with Gasteiger partial charge in [0.1, 0.15) is 12.4 Å². The van der Waals surface area contributed by atoms with Crippen LogP contribution in [0.3, 0.4) is 0 Å². The highest BCUT2D eigenvalue weighted by molar-refractivity contribution is 5.41. The lowest BCUT2D eigenvalue weighted by Crippen LogP contribution is -2.32. The predicted molar refractivity (Wildman–Crippen MR) is 74.8 cm³/mol. The second-order valence-corrected chi connectivity index (χ2v) is 4.34. The first-order chi connectivity index (χ1) is 8.76. The summed E-state index contributed by atoms with van der Waals surface area (Å²) in [5.74, 6) is 0.837. The molecule has 0 aromatic heterocycles. The first-order valence-electron chi connectivity index (χ1n) is 6.57. The van der Waals surface area contributed by atoms with E-state index in [2.05, 4.69) is 11.8 Å². The van der Waals surface area contributed by atoms with Crippen LogP contribution in [-0.2, 0) is 0 Å². The Morgan fingerprint density at radius 3 is 2.50 bits per heavy atom.